The zero-order valence-corrected chi connectivity index (χ0v) is 15.7. The van der Waals surface area contributed by atoms with Gasteiger partial charge in [0.1, 0.15) is 12.4 Å². The maximum atomic E-state index is 13.0. The van der Waals surface area contributed by atoms with E-state index in [9.17, 15) is 4.39 Å². The first-order valence-corrected chi connectivity index (χ1v) is 8.38. The molecule has 0 aliphatic heterocycles. The zero-order valence-electron chi connectivity index (χ0n) is 15.0. The van der Waals surface area contributed by atoms with E-state index in [1.54, 1.807) is 31.6 Å². The van der Waals surface area contributed by atoms with Gasteiger partial charge >= 0.3 is 0 Å². The van der Waals surface area contributed by atoms with Crippen molar-refractivity contribution in [2.45, 2.75) is 19.7 Å². The van der Waals surface area contributed by atoms with Gasteiger partial charge in [0, 0.05) is 25.5 Å². The molecule has 3 rings (SSSR count). The molecular formula is C21H21ClFN2O2-. The summed E-state index contributed by atoms with van der Waals surface area (Å²) < 4.78 is 24.2. The highest BCUT2D eigenvalue weighted by Crippen LogP contribution is 2.29. The van der Waals surface area contributed by atoms with E-state index >= 15 is 0 Å². The molecule has 0 aliphatic rings. The Morgan fingerprint density at radius 2 is 1.52 bits per heavy atom. The standard InChI is InChI=1S/C21H21FN2O2.ClH/c1-25-21-12-18(14-24-13-16-8-10-23-11-9-16)4-7-20(21)26-15-17-2-5-19(22)6-3-17;/h2-12,24H,13-15H2,1H3;1H/p-1. The van der Waals surface area contributed by atoms with E-state index in [1.165, 1.54) is 17.7 Å². The van der Waals surface area contributed by atoms with E-state index in [2.05, 4.69) is 10.3 Å². The van der Waals surface area contributed by atoms with Gasteiger partial charge in [0.25, 0.3) is 0 Å². The number of nitrogens with one attached hydrogen (secondary N) is 1. The van der Waals surface area contributed by atoms with Crippen LogP contribution >= 0.6 is 0 Å². The van der Waals surface area contributed by atoms with Gasteiger partial charge in [-0.15, -0.1) is 0 Å². The number of methoxy groups -OCH3 is 1. The largest absolute Gasteiger partial charge is 1.00 e. The van der Waals surface area contributed by atoms with Gasteiger partial charge in [-0.1, -0.05) is 18.2 Å². The molecule has 142 valence electrons. The lowest BCUT2D eigenvalue weighted by atomic mass is 10.2. The first-order valence-electron chi connectivity index (χ1n) is 8.38. The molecule has 0 bridgehead atoms. The molecule has 4 nitrogen and oxygen atoms in total. The Kier molecular flexibility index (Phi) is 8.04. The summed E-state index contributed by atoms with van der Waals surface area (Å²) in [4.78, 5) is 4.01. The third-order valence-electron chi connectivity index (χ3n) is 3.94. The fraction of sp³-hybridized carbons (Fsp3) is 0.190. The molecule has 0 spiro atoms. The van der Waals surface area contributed by atoms with Gasteiger partial charge in [0.05, 0.1) is 7.11 Å². The number of hydrogen-bond acceptors (Lipinski definition) is 4. The Balaban J connectivity index is 0.00000261. The van der Waals surface area contributed by atoms with Crippen molar-refractivity contribution in [3.63, 3.8) is 0 Å². The van der Waals surface area contributed by atoms with Crippen LogP contribution in [-0.4, -0.2) is 12.1 Å². The maximum Gasteiger partial charge on any atom is 0.161 e. The summed E-state index contributed by atoms with van der Waals surface area (Å²) in [5.41, 5.74) is 3.19. The molecular weight excluding hydrogens is 367 g/mol. The van der Waals surface area contributed by atoms with Crippen molar-refractivity contribution in [2.24, 2.45) is 0 Å². The second-order valence-corrected chi connectivity index (χ2v) is 5.86. The number of ether oxygens (including phenoxy) is 2. The van der Waals surface area contributed by atoms with E-state index in [4.69, 9.17) is 9.47 Å². The predicted octanol–water partition coefficient (Wildman–Crippen LogP) is 1.10. The average Bonchev–Trinajstić information content (AvgIpc) is 2.69. The van der Waals surface area contributed by atoms with Crippen LogP contribution in [0.1, 0.15) is 16.7 Å². The fourth-order valence-electron chi connectivity index (χ4n) is 2.53. The summed E-state index contributed by atoms with van der Waals surface area (Å²) in [7, 11) is 1.62. The zero-order chi connectivity index (χ0) is 18.2. The number of pyridine rings is 1. The van der Waals surface area contributed by atoms with E-state index in [0.29, 0.717) is 18.1 Å². The first kappa shape index (κ1) is 20.7. The van der Waals surface area contributed by atoms with Crippen LogP contribution in [0.15, 0.2) is 67.0 Å². The van der Waals surface area contributed by atoms with Crippen LogP contribution < -0.4 is 27.2 Å². The summed E-state index contributed by atoms with van der Waals surface area (Å²) in [5.74, 6) is 1.08. The van der Waals surface area contributed by atoms with Crippen LogP contribution in [0.25, 0.3) is 0 Å². The number of nitrogens with zero attached hydrogens (tertiary/aromatic N) is 1. The average molecular weight is 388 g/mol. The van der Waals surface area contributed by atoms with Crippen LogP contribution in [0.4, 0.5) is 4.39 Å². The monoisotopic (exact) mass is 387 g/mol. The lowest BCUT2D eigenvalue weighted by molar-refractivity contribution is -0.00000652. The minimum Gasteiger partial charge on any atom is -1.00 e. The normalized spacial score (nSPS) is 10.1. The Labute approximate surface area is 164 Å². The van der Waals surface area contributed by atoms with E-state index in [0.717, 1.165) is 24.2 Å². The maximum absolute atomic E-state index is 13.0. The van der Waals surface area contributed by atoms with E-state index in [-0.39, 0.29) is 18.2 Å². The summed E-state index contributed by atoms with van der Waals surface area (Å²) in [5, 5.41) is 3.39. The van der Waals surface area contributed by atoms with Crippen molar-refractivity contribution >= 4 is 0 Å². The molecule has 3 aromatic rings. The SMILES string of the molecule is COc1cc(CNCc2ccncc2)ccc1OCc1ccc(F)cc1.[Cl-]. The summed E-state index contributed by atoms with van der Waals surface area (Å²) in [6, 6.07) is 16.1. The number of rotatable bonds is 8. The Morgan fingerprint density at radius 3 is 2.22 bits per heavy atom. The highest BCUT2D eigenvalue weighted by molar-refractivity contribution is 5.43. The van der Waals surface area contributed by atoms with Gasteiger partial charge in [-0.05, 0) is 53.1 Å². The van der Waals surface area contributed by atoms with E-state index < -0.39 is 0 Å². The number of halogens is 2. The van der Waals surface area contributed by atoms with Crippen LogP contribution in [0.5, 0.6) is 11.5 Å². The smallest absolute Gasteiger partial charge is 0.161 e. The number of hydrogen-bond donors (Lipinski definition) is 1. The van der Waals surface area contributed by atoms with Crippen molar-refractivity contribution in [3.8, 4) is 11.5 Å². The summed E-state index contributed by atoms with van der Waals surface area (Å²) in [6.07, 6.45) is 3.57. The van der Waals surface area contributed by atoms with Gasteiger partial charge in [0.2, 0.25) is 0 Å². The molecule has 0 unspecified atom stereocenters. The third kappa shape index (κ3) is 6.24. The van der Waals surface area contributed by atoms with Crippen molar-refractivity contribution in [2.75, 3.05) is 7.11 Å². The topological polar surface area (TPSA) is 43.4 Å². The molecule has 0 fully saturated rings. The van der Waals surface area contributed by atoms with E-state index in [1.807, 2.05) is 30.3 Å². The van der Waals surface area contributed by atoms with Crippen LogP contribution in [0.2, 0.25) is 0 Å². The lowest BCUT2D eigenvalue weighted by Gasteiger charge is -2.13. The van der Waals surface area contributed by atoms with Gasteiger partial charge < -0.3 is 27.2 Å². The molecule has 0 saturated heterocycles. The molecule has 0 radical (unpaired) electrons. The molecule has 0 atom stereocenters. The highest BCUT2D eigenvalue weighted by atomic mass is 35.5. The number of aromatic nitrogens is 1. The lowest BCUT2D eigenvalue weighted by Crippen LogP contribution is -3.00. The van der Waals surface area contributed by atoms with Gasteiger partial charge in [-0.3, -0.25) is 4.98 Å². The second kappa shape index (κ2) is 10.5. The van der Waals surface area contributed by atoms with Crippen LogP contribution in [-0.2, 0) is 19.7 Å². The minimum absolute atomic E-state index is 0. The summed E-state index contributed by atoms with van der Waals surface area (Å²) >= 11 is 0. The second-order valence-electron chi connectivity index (χ2n) is 5.86. The number of benzene rings is 2. The van der Waals surface area contributed by atoms with Gasteiger partial charge in [-0.25, -0.2) is 4.39 Å². The minimum atomic E-state index is -0.255. The molecule has 2 aromatic carbocycles. The van der Waals surface area contributed by atoms with Gasteiger partial charge in [0.15, 0.2) is 11.5 Å². The fourth-order valence-corrected chi connectivity index (χ4v) is 2.53. The van der Waals surface area contributed by atoms with Gasteiger partial charge in [-0.2, -0.15) is 0 Å². The first-order chi connectivity index (χ1) is 12.7. The molecule has 1 heterocycles. The molecule has 0 aliphatic carbocycles. The molecule has 27 heavy (non-hydrogen) atoms. The van der Waals surface area contributed by atoms with Crippen molar-refractivity contribution in [3.05, 3.63) is 89.5 Å². The van der Waals surface area contributed by atoms with Crippen LogP contribution in [0, 0.1) is 5.82 Å². The summed E-state index contributed by atoms with van der Waals surface area (Å²) in [6.45, 7) is 1.85. The quantitative estimate of drug-likeness (QED) is 0.628. The Bertz CT molecular complexity index is 829. The van der Waals surface area contributed by atoms with Crippen molar-refractivity contribution in [1.82, 2.24) is 10.3 Å². The molecule has 1 N–H and O–H groups in total. The molecule has 0 amide bonds. The predicted molar refractivity (Wildman–Crippen MR) is 98.5 cm³/mol. The molecule has 1 aromatic heterocycles. The van der Waals surface area contributed by atoms with Crippen molar-refractivity contribution < 1.29 is 26.3 Å². The Morgan fingerprint density at radius 1 is 0.852 bits per heavy atom. The third-order valence-corrected chi connectivity index (χ3v) is 3.94. The Hall–Kier alpha value is -2.63. The van der Waals surface area contributed by atoms with Crippen LogP contribution in [0.3, 0.4) is 0 Å². The molecule has 6 heteroatoms. The highest BCUT2D eigenvalue weighted by Gasteiger charge is 2.06. The molecule has 0 saturated carbocycles. The van der Waals surface area contributed by atoms with Crippen molar-refractivity contribution in [1.29, 1.82) is 0 Å².